The third-order valence-electron chi connectivity index (χ3n) is 4.53. The Morgan fingerprint density at radius 2 is 2.08 bits per heavy atom. The average Bonchev–Trinajstić information content (AvgIpc) is 3.25. The molecule has 132 valence electrons. The van der Waals surface area contributed by atoms with Crippen LogP contribution in [0.3, 0.4) is 0 Å². The van der Waals surface area contributed by atoms with E-state index in [9.17, 15) is 0 Å². The van der Waals surface area contributed by atoms with Crippen LogP contribution in [0.1, 0.15) is 37.2 Å². The van der Waals surface area contributed by atoms with Crippen LogP contribution >= 0.6 is 0 Å². The summed E-state index contributed by atoms with van der Waals surface area (Å²) < 4.78 is 7.16. The molecular formula is C16H26N6O2. The van der Waals surface area contributed by atoms with Crippen molar-refractivity contribution in [3.8, 4) is 0 Å². The number of piperazine rings is 1. The van der Waals surface area contributed by atoms with Gasteiger partial charge in [0.2, 0.25) is 5.89 Å². The number of rotatable bonds is 7. The van der Waals surface area contributed by atoms with Gasteiger partial charge >= 0.3 is 0 Å². The minimum absolute atomic E-state index is 0.118. The lowest BCUT2D eigenvalue weighted by molar-refractivity contribution is 0.0845. The zero-order valence-corrected chi connectivity index (χ0v) is 14.4. The minimum Gasteiger partial charge on any atom is -0.394 e. The molecule has 0 spiro atoms. The summed E-state index contributed by atoms with van der Waals surface area (Å²) in [5.74, 6) is 1.49. The van der Waals surface area contributed by atoms with Gasteiger partial charge in [0, 0.05) is 50.9 Å². The lowest BCUT2D eigenvalue weighted by Gasteiger charge is -2.36. The predicted octanol–water partition coefficient (Wildman–Crippen LogP) is 0.700. The van der Waals surface area contributed by atoms with Crippen molar-refractivity contribution in [3.05, 3.63) is 29.7 Å². The fourth-order valence-electron chi connectivity index (χ4n) is 3.02. The molecule has 2 aromatic heterocycles. The largest absolute Gasteiger partial charge is 0.394 e. The van der Waals surface area contributed by atoms with Crippen molar-refractivity contribution in [2.45, 2.75) is 39.4 Å². The Morgan fingerprint density at radius 1 is 1.29 bits per heavy atom. The van der Waals surface area contributed by atoms with Gasteiger partial charge in [0.1, 0.15) is 0 Å². The highest BCUT2D eigenvalue weighted by Crippen LogP contribution is 2.20. The zero-order valence-electron chi connectivity index (χ0n) is 14.4. The number of aryl methyl sites for hydroxylation is 1. The Balaban J connectivity index is 1.49. The molecule has 0 bridgehead atoms. The quantitative estimate of drug-likeness (QED) is 0.798. The van der Waals surface area contributed by atoms with Gasteiger partial charge in [-0.3, -0.25) is 14.5 Å². The molecule has 1 aliphatic heterocycles. The van der Waals surface area contributed by atoms with Gasteiger partial charge in [-0.1, -0.05) is 12.1 Å². The molecule has 2 aromatic rings. The van der Waals surface area contributed by atoms with E-state index in [4.69, 9.17) is 9.63 Å². The van der Waals surface area contributed by atoms with Crippen molar-refractivity contribution in [2.24, 2.45) is 0 Å². The summed E-state index contributed by atoms with van der Waals surface area (Å²) in [6, 6.07) is 0.159. The van der Waals surface area contributed by atoms with Crippen LogP contribution in [0.2, 0.25) is 0 Å². The normalized spacial score (nSPS) is 18.1. The van der Waals surface area contributed by atoms with Crippen molar-refractivity contribution in [1.82, 2.24) is 29.7 Å². The number of aliphatic hydroxyl groups is 1. The van der Waals surface area contributed by atoms with E-state index in [1.54, 1.807) is 4.68 Å². The van der Waals surface area contributed by atoms with Gasteiger partial charge < -0.3 is 9.63 Å². The highest BCUT2D eigenvalue weighted by molar-refractivity contribution is 5.04. The summed E-state index contributed by atoms with van der Waals surface area (Å²) in [6.07, 6.45) is 4.69. The van der Waals surface area contributed by atoms with Crippen LogP contribution in [0.25, 0.3) is 0 Å². The first kappa shape index (κ1) is 17.1. The fourth-order valence-corrected chi connectivity index (χ4v) is 3.02. The molecule has 3 rings (SSSR count). The maximum atomic E-state index is 8.95. The van der Waals surface area contributed by atoms with E-state index in [-0.39, 0.29) is 12.6 Å². The smallest absolute Gasteiger partial charge is 0.243 e. The van der Waals surface area contributed by atoms with Gasteiger partial charge in [-0.2, -0.15) is 10.1 Å². The molecule has 0 aliphatic carbocycles. The zero-order chi connectivity index (χ0) is 16.9. The third-order valence-corrected chi connectivity index (χ3v) is 4.53. The van der Waals surface area contributed by atoms with Crippen molar-refractivity contribution >= 4 is 0 Å². The molecule has 1 N–H and O–H groups in total. The average molecular weight is 334 g/mol. The predicted molar refractivity (Wildman–Crippen MR) is 88.3 cm³/mol. The summed E-state index contributed by atoms with van der Waals surface area (Å²) in [7, 11) is 0. The Kier molecular flexibility index (Phi) is 5.60. The Hall–Kier alpha value is -1.77. The highest BCUT2D eigenvalue weighted by Gasteiger charge is 2.25. The van der Waals surface area contributed by atoms with Gasteiger partial charge in [0.15, 0.2) is 5.82 Å². The lowest BCUT2D eigenvalue weighted by atomic mass is 10.2. The first-order chi connectivity index (χ1) is 11.7. The third kappa shape index (κ3) is 4.00. The Bertz CT molecular complexity index is 632. The molecule has 1 fully saturated rings. The highest BCUT2D eigenvalue weighted by atomic mass is 16.5. The van der Waals surface area contributed by atoms with E-state index in [0.29, 0.717) is 12.4 Å². The van der Waals surface area contributed by atoms with E-state index in [1.807, 2.05) is 19.3 Å². The molecule has 0 amide bonds. The second kappa shape index (κ2) is 7.87. The molecule has 0 saturated carbocycles. The summed E-state index contributed by atoms with van der Waals surface area (Å²) >= 11 is 0. The second-order valence-corrected chi connectivity index (χ2v) is 6.23. The van der Waals surface area contributed by atoms with Crippen molar-refractivity contribution < 1.29 is 9.63 Å². The minimum atomic E-state index is 0.118. The van der Waals surface area contributed by atoms with Crippen LogP contribution in [-0.2, 0) is 19.5 Å². The van der Waals surface area contributed by atoms with Crippen LogP contribution in [-0.4, -0.2) is 67.6 Å². The molecule has 0 unspecified atom stereocenters. The van der Waals surface area contributed by atoms with Crippen LogP contribution < -0.4 is 0 Å². The van der Waals surface area contributed by atoms with E-state index in [0.717, 1.165) is 45.0 Å². The monoisotopic (exact) mass is 334 g/mol. The molecule has 24 heavy (non-hydrogen) atoms. The summed E-state index contributed by atoms with van der Waals surface area (Å²) in [4.78, 5) is 9.26. The van der Waals surface area contributed by atoms with Gasteiger partial charge in [0.25, 0.3) is 0 Å². The maximum absolute atomic E-state index is 8.95. The number of nitrogens with zero attached hydrogens (tertiary/aromatic N) is 6. The molecule has 8 nitrogen and oxygen atoms in total. The number of aromatic nitrogens is 4. The SMILES string of the molecule is CCc1noc([C@H](C)N2CCN(Cc3cnn(CCO)c3)CC2)n1. The fraction of sp³-hybridized carbons (Fsp3) is 0.688. The molecule has 1 atom stereocenters. The van der Waals surface area contributed by atoms with Crippen LogP contribution in [0.4, 0.5) is 0 Å². The van der Waals surface area contributed by atoms with Crippen LogP contribution in [0.15, 0.2) is 16.9 Å². The topological polar surface area (TPSA) is 83.5 Å². The van der Waals surface area contributed by atoms with Crippen molar-refractivity contribution in [2.75, 3.05) is 32.8 Å². The van der Waals surface area contributed by atoms with Crippen molar-refractivity contribution in [3.63, 3.8) is 0 Å². The first-order valence-corrected chi connectivity index (χ1v) is 8.60. The van der Waals surface area contributed by atoms with Crippen molar-refractivity contribution in [1.29, 1.82) is 0 Å². The maximum Gasteiger partial charge on any atom is 0.243 e. The first-order valence-electron chi connectivity index (χ1n) is 8.60. The molecular weight excluding hydrogens is 308 g/mol. The summed E-state index contributed by atoms with van der Waals surface area (Å²) in [5, 5.41) is 17.2. The standard InChI is InChI=1S/C16H26N6O2/c1-3-15-18-16(24-19-15)13(2)21-6-4-20(5-7-21)11-14-10-17-22(12-14)8-9-23/h10,12-13,23H,3-9,11H2,1-2H3/t13-/m0/s1. The summed E-state index contributed by atoms with van der Waals surface area (Å²) in [6.45, 7) is 9.69. The lowest BCUT2D eigenvalue weighted by Crippen LogP contribution is -2.46. The Morgan fingerprint density at radius 3 is 2.75 bits per heavy atom. The molecule has 1 saturated heterocycles. The van der Waals surface area contributed by atoms with Gasteiger partial charge in [-0.05, 0) is 6.92 Å². The molecule has 0 aromatic carbocycles. The summed E-state index contributed by atoms with van der Waals surface area (Å²) in [5.41, 5.74) is 1.19. The van der Waals surface area contributed by atoms with Crippen LogP contribution in [0.5, 0.6) is 0 Å². The van der Waals surface area contributed by atoms with E-state index < -0.39 is 0 Å². The molecule has 1 aliphatic rings. The number of hydrogen-bond acceptors (Lipinski definition) is 7. The molecule has 8 heteroatoms. The van der Waals surface area contributed by atoms with E-state index in [1.165, 1.54) is 5.56 Å². The van der Waals surface area contributed by atoms with Gasteiger partial charge in [0.05, 0.1) is 25.4 Å². The van der Waals surface area contributed by atoms with E-state index in [2.05, 4.69) is 32.0 Å². The molecule has 3 heterocycles. The van der Waals surface area contributed by atoms with E-state index >= 15 is 0 Å². The second-order valence-electron chi connectivity index (χ2n) is 6.23. The Labute approximate surface area is 142 Å². The molecule has 0 radical (unpaired) electrons. The number of aliphatic hydroxyl groups excluding tert-OH is 1. The number of hydrogen-bond donors (Lipinski definition) is 1. The van der Waals surface area contributed by atoms with Gasteiger partial charge in [-0.15, -0.1) is 0 Å². The van der Waals surface area contributed by atoms with Crippen LogP contribution in [0, 0.1) is 0 Å². The van der Waals surface area contributed by atoms with Gasteiger partial charge in [-0.25, -0.2) is 0 Å².